The van der Waals surface area contributed by atoms with Gasteiger partial charge in [0.2, 0.25) is 11.7 Å². The maximum absolute atomic E-state index is 5.70. The number of hydrogen-bond acceptors (Lipinski definition) is 8. The molecule has 0 saturated carbocycles. The van der Waals surface area contributed by atoms with Crippen molar-refractivity contribution in [3.8, 4) is 17.2 Å². The minimum absolute atomic E-state index is 0.0926. The number of nitrogens with zero attached hydrogens (tertiary/aromatic N) is 4. The average Bonchev–Trinajstić information content (AvgIpc) is 2.98. The molecule has 0 aliphatic rings. The third kappa shape index (κ3) is 4.29. The van der Waals surface area contributed by atoms with Crippen LogP contribution in [-0.4, -0.2) is 42.1 Å². The molecule has 3 aromatic rings. The van der Waals surface area contributed by atoms with E-state index in [0.29, 0.717) is 29.6 Å². The van der Waals surface area contributed by atoms with Crippen LogP contribution in [0.1, 0.15) is 22.5 Å². The maximum Gasteiger partial charge on any atom is 0.224 e. The fraction of sp³-hybridized carbons (Fsp3) is 0.286. The van der Waals surface area contributed by atoms with Gasteiger partial charge in [0, 0.05) is 35.8 Å². The Balaban J connectivity index is 1.92. The van der Waals surface area contributed by atoms with Crippen molar-refractivity contribution < 1.29 is 14.2 Å². The molecule has 0 aliphatic carbocycles. The maximum atomic E-state index is 5.70. The monoisotopic (exact) mass is 410 g/mol. The van der Waals surface area contributed by atoms with Crippen LogP contribution in [0.2, 0.25) is 0 Å². The minimum atomic E-state index is 0.0926. The zero-order chi connectivity index (χ0) is 21.8. The van der Waals surface area contributed by atoms with Crippen molar-refractivity contribution in [3.63, 3.8) is 0 Å². The smallest absolute Gasteiger partial charge is 0.224 e. The van der Waals surface area contributed by atoms with Crippen molar-refractivity contribution >= 4 is 23.8 Å². The number of aliphatic imine (C=N–C) groups is 1. The van der Waals surface area contributed by atoms with Crippen LogP contribution >= 0.6 is 0 Å². The van der Waals surface area contributed by atoms with Crippen LogP contribution < -0.4 is 25.7 Å². The summed E-state index contributed by atoms with van der Waals surface area (Å²) in [6.45, 7) is 4.72. The van der Waals surface area contributed by atoms with Gasteiger partial charge in [-0.2, -0.15) is 9.97 Å². The highest BCUT2D eigenvalue weighted by Gasteiger charge is 2.15. The fourth-order valence-electron chi connectivity index (χ4n) is 3.28. The summed E-state index contributed by atoms with van der Waals surface area (Å²) in [5.41, 5.74) is 15.5. The van der Waals surface area contributed by atoms with Crippen LogP contribution in [0.15, 0.2) is 29.3 Å². The molecule has 0 fully saturated rings. The van der Waals surface area contributed by atoms with Gasteiger partial charge < -0.3 is 30.2 Å². The van der Waals surface area contributed by atoms with Crippen LogP contribution in [0.4, 0.5) is 17.6 Å². The van der Waals surface area contributed by atoms with Crippen molar-refractivity contribution in [1.82, 2.24) is 14.5 Å². The molecule has 30 heavy (non-hydrogen) atoms. The van der Waals surface area contributed by atoms with Gasteiger partial charge in [0.15, 0.2) is 17.3 Å². The van der Waals surface area contributed by atoms with E-state index < -0.39 is 0 Å². The highest BCUT2D eigenvalue weighted by atomic mass is 16.5. The number of aromatic nitrogens is 3. The first-order valence-corrected chi connectivity index (χ1v) is 9.26. The first-order chi connectivity index (χ1) is 14.4. The summed E-state index contributed by atoms with van der Waals surface area (Å²) in [5, 5.41) is 0. The standard InChI is InChI=1S/C21H26N6O3/c1-12-6-15(10-24-19-9-18(22)25-21(23)26-19)13(2)27(12)11-14-7-16(28-3)20(30-5)17(8-14)29-4/h6-10H,11H2,1-5H3,(H4,22,23,25,26). The molecule has 0 amide bonds. The number of anilines is 2. The van der Waals surface area contributed by atoms with E-state index in [-0.39, 0.29) is 11.8 Å². The molecule has 9 heteroatoms. The summed E-state index contributed by atoms with van der Waals surface area (Å²) in [4.78, 5) is 12.3. The van der Waals surface area contributed by atoms with E-state index in [1.165, 1.54) is 0 Å². The molecule has 0 atom stereocenters. The van der Waals surface area contributed by atoms with Gasteiger partial charge in [-0.3, -0.25) is 0 Å². The molecule has 9 nitrogen and oxygen atoms in total. The van der Waals surface area contributed by atoms with E-state index in [4.69, 9.17) is 25.7 Å². The SMILES string of the molecule is COc1cc(Cn2c(C)cc(C=Nc3cc(N)nc(N)n3)c2C)cc(OC)c1OC. The average molecular weight is 410 g/mol. The number of nitrogens with two attached hydrogens (primary N) is 2. The van der Waals surface area contributed by atoms with Gasteiger partial charge in [-0.25, -0.2) is 4.99 Å². The van der Waals surface area contributed by atoms with Crippen LogP contribution in [-0.2, 0) is 6.54 Å². The molecule has 0 unspecified atom stereocenters. The van der Waals surface area contributed by atoms with Crippen molar-refractivity contribution in [2.45, 2.75) is 20.4 Å². The van der Waals surface area contributed by atoms with Crippen LogP contribution in [0.25, 0.3) is 0 Å². The normalized spacial score (nSPS) is 11.1. The third-order valence-electron chi connectivity index (χ3n) is 4.76. The molecule has 2 aromatic heterocycles. The van der Waals surface area contributed by atoms with Gasteiger partial charge in [0.1, 0.15) is 5.82 Å². The Labute approximate surface area is 175 Å². The zero-order valence-corrected chi connectivity index (χ0v) is 17.8. The number of methoxy groups -OCH3 is 3. The molecule has 3 rings (SSSR count). The van der Waals surface area contributed by atoms with Crippen LogP contribution in [0.3, 0.4) is 0 Å². The molecule has 0 spiro atoms. The van der Waals surface area contributed by atoms with E-state index in [1.54, 1.807) is 33.6 Å². The number of rotatable bonds is 7. The number of benzene rings is 1. The molecular weight excluding hydrogens is 384 g/mol. The van der Waals surface area contributed by atoms with E-state index in [0.717, 1.165) is 22.5 Å². The lowest BCUT2D eigenvalue weighted by molar-refractivity contribution is 0.323. The van der Waals surface area contributed by atoms with E-state index in [1.807, 2.05) is 26.0 Å². The van der Waals surface area contributed by atoms with Crippen LogP contribution in [0, 0.1) is 13.8 Å². The second-order valence-corrected chi connectivity index (χ2v) is 6.71. The quantitative estimate of drug-likeness (QED) is 0.574. The van der Waals surface area contributed by atoms with Gasteiger partial charge in [-0.05, 0) is 37.6 Å². The molecule has 158 valence electrons. The number of ether oxygens (including phenoxy) is 3. The molecule has 4 N–H and O–H groups in total. The van der Waals surface area contributed by atoms with Gasteiger partial charge in [0.25, 0.3) is 0 Å². The van der Waals surface area contributed by atoms with E-state index in [2.05, 4.69) is 25.6 Å². The van der Waals surface area contributed by atoms with Crippen molar-refractivity contribution in [2.75, 3.05) is 32.8 Å². The van der Waals surface area contributed by atoms with Gasteiger partial charge in [-0.1, -0.05) is 0 Å². The van der Waals surface area contributed by atoms with Crippen molar-refractivity contribution in [1.29, 1.82) is 0 Å². The third-order valence-corrected chi connectivity index (χ3v) is 4.76. The summed E-state index contributed by atoms with van der Waals surface area (Å²) in [6.07, 6.45) is 1.75. The minimum Gasteiger partial charge on any atom is -0.493 e. The number of nitrogen functional groups attached to an aromatic ring is 2. The molecule has 0 aliphatic heterocycles. The molecule has 0 bridgehead atoms. The fourth-order valence-corrected chi connectivity index (χ4v) is 3.28. The molecule has 0 radical (unpaired) electrons. The first-order valence-electron chi connectivity index (χ1n) is 9.26. The first kappa shape index (κ1) is 21.0. The Kier molecular flexibility index (Phi) is 6.10. The van der Waals surface area contributed by atoms with Crippen molar-refractivity contribution in [3.05, 3.63) is 46.8 Å². The highest BCUT2D eigenvalue weighted by molar-refractivity contribution is 5.83. The molecule has 2 heterocycles. The number of hydrogen-bond donors (Lipinski definition) is 2. The summed E-state index contributed by atoms with van der Waals surface area (Å²) >= 11 is 0. The summed E-state index contributed by atoms with van der Waals surface area (Å²) < 4.78 is 18.5. The lowest BCUT2D eigenvalue weighted by Gasteiger charge is -2.16. The second-order valence-electron chi connectivity index (χ2n) is 6.71. The largest absolute Gasteiger partial charge is 0.493 e. The molecule has 0 saturated heterocycles. The zero-order valence-electron chi connectivity index (χ0n) is 17.8. The Bertz CT molecular complexity index is 1050. The Morgan fingerprint density at radius 1 is 0.967 bits per heavy atom. The van der Waals surface area contributed by atoms with Gasteiger partial charge in [0.05, 0.1) is 21.3 Å². The Hall–Kier alpha value is -3.75. The van der Waals surface area contributed by atoms with E-state index >= 15 is 0 Å². The molecular formula is C21H26N6O3. The highest BCUT2D eigenvalue weighted by Crippen LogP contribution is 2.38. The topological polar surface area (TPSA) is 123 Å². The van der Waals surface area contributed by atoms with Crippen molar-refractivity contribution in [2.24, 2.45) is 4.99 Å². The van der Waals surface area contributed by atoms with Gasteiger partial charge >= 0.3 is 0 Å². The second kappa shape index (κ2) is 8.73. The van der Waals surface area contributed by atoms with Gasteiger partial charge in [-0.15, -0.1) is 0 Å². The predicted molar refractivity (Wildman–Crippen MR) is 117 cm³/mol. The van der Waals surface area contributed by atoms with Crippen LogP contribution in [0.5, 0.6) is 17.2 Å². The van der Waals surface area contributed by atoms with E-state index in [9.17, 15) is 0 Å². The Morgan fingerprint density at radius 2 is 1.63 bits per heavy atom. The predicted octanol–water partition coefficient (Wildman–Crippen LogP) is 2.88. The molecule has 1 aromatic carbocycles. The summed E-state index contributed by atoms with van der Waals surface area (Å²) in [6, 6.07) is 7.52. The summed E-state index contributed by atoms with van der Waals surface area (Å²) in [5.74, 6) is 2.60. The summed E-state index contributed by atoms with van der Waals surface area (Å²) in [7, 11) is 4.80. The lowest BCUT2D eigenvalue weighted by Crippen LogP contribution is -2.05. The Morgan fingerprint density at radius 3 is 2.20 bits per heavy atom. The lowest BCUT2D eigenvalue weighted by atomic mass is 10.1. The number of aryl methyl sites for hydroxylation is 1.